The number of hydrogen-bond donors (Lipinski definition) is 3. The van der Waals surface area contributed by atoms with Gasteiger partial charge in [0.05, 0.1) is 48.6 Å². The Morgan fingerprint density at radius 1 is 1.16 bits per heavy atom. The zero-order chi connectivity index (χ0) is 35.5. The number of pyridine rings is 1. The average Bonchev–Trinajstić information content (AvgIpc) is 3.67. The first kappa shape index (κ1) is 33.4. The van der Waals surface area contributed by atoms with Crippen LogP contribution in [0.25, 0.3) is 27.7 Å². The molecule has 3 aromatic heterocycles. The fraction of sp³-hybridized carbons (Fsp3) is 0.306. The lowest BCUT2D eigenvalue weighted by molar-refractivity contribution is -0.654. The number of aliphatic hydroxyl groups is 1. The van der Waals surface area contributed by atoms with Gasteiger partial charge in [-0.2, -0.15) is 13.2 Å². The number of aryl methyl sites for hydroxylation is 2. The van der Waals surface area contributed by atoms with Gasteiger partial charge < -0.3 is 29.4 Å². The van der Waals surface area contributed by atoms with Crippen LogP contribution >= 0.6 is 0 Å². The third-order valence-corrected chi connectivity index (χ3v) is 9.64. The fourth-order valence-corrected chi connectivity index (χ4v) is 6.61. The smallest absolute Gasteiger partial charge is 0.417 e. The molecule has 260 valence electrons. The van der Waals surface area contributed by atoms with Crippen LogP contribution in [0.3, 0.4) is 0 Å². The number of nitrogens with two attached hydrogens (primary N) is 1. The number of amides is 1. The monoisotopic (exact) mass is 694 g/mol. The topological polar surface area (TPSA) is 114 Å². The van der Waals surface area contributed by atoms with Crippen molar-refractivity contribution < 1.29 is 46.7 Å². The molecule has 1 saturated carbocycles. The fourth-order valence-electron chi connectivity index (χ4n) is 6.61. The second-order valence-electron chi connectivity index (χ2n) is 12.9. The van der Waals surface area contributed by atoms with E-state index in [4.69, 9.17) is 4.74 Å². The molecule has 4 heterocycles. The van der Waals surface area contributed by atoms with Crippen LogP contribution in [0.5, 0.6) is 5.75 Å². The van der Waals surface area contributed by atoms with Gasteiger partial charge in [0, 0.05) is 47.8 Å². The molecule has 0 spiro atoms. The van der Waals surface area contributed by atoms with E-state index in [2.05, 4.69) is 10.3 Å². The Kier molecular flexibility index (Phi) is 8.26. The number of carbonyl (C=O) groups excluding carboxylic acids is 2. The molecule has 1 amide bonds. The molecule has 0 atom stereocenters. The maximum atomic E-state index is 15.2. The van der Waals surface area contributed by atoms with Crippen molar-refractivity contribution >= 4 is 33.9 Å². The van der Waals surface area contributed by atoms with E-state index < -0.39 is 40.8 Å². The zero-order valence-corrected chi connectivity index (χ0v) is 27.1. The number of ketones is 1. The Morgan fingerprint density at radius 3 is 2.58 bits per heavy atom. The third-order valence-electron chi connectivity index (χ3n) is 9.64. The molecule has 2 aliphatic rings. The van der Waals surface area contributed by atoms with Crippen molar-refractivity contribution in [2.75, 3.05) is 31.6 Å². The minimum absolute atomic E-state index is 0.0190. The number of ether oxygens (including phenoxy) is 1. The van der Waals surface area contributed by atoms with E-state index in [0.29, 0.717) is 30.0 Å². The molecule has 1 aliphatic carbocycles. The van der Waals surface area contributed by atoms with Gasteiger partial charge in [-0.1, -0.05) is 6.07 Å². The normalized spacial score (nSPS) is 15.2. The standard InChI is InChI=1S/C36H32F5N5O4/c1-19-43-31-26(45(19)2)16-23(36(39,40)41)29-22-5-4-11-46-27(15-20(32(22)46)7-12-50-34(29)31)33(49)21-13-24(37)30(25(38)14-21)44-28(48)6-3-10-42-17-35(18-47)8-9-35/h3-6,11,13-16,42,47H,7-10,12,17-18H2,1-2H3,(H,44,48)/p+1/b6-3+. The lowest BCUT2D eigenvalue weighted by Gasteiger charge is -2.22. The van der Waals surface area contributed by atoms with Crippen molar-refractivity contribution in [2.45, 2.75) is 32.4 Å². The maximum Gasteiger partial charge on any atom is 0.417 e. The van der Waals surface area contributed by atoms with Gasteiger partial charge in [0.15, 0.2) is 5.75 Å². The number of imidazole rings is 1. The Morgan fingerprint density at radius 2 is 1.90 bits per heavy atom. The SMILES string of the molecule is Cc1nc2c3c(c(C(F)(F)F)cc2n1C)-c1cccn2c(C(=O)c4cc(F)c(NC(=O)/C=C/C[NH2+]CC5(CO)CC5)c(F)c4)cc(c12)CCO3. The summed E-state index contributed by atoms with van der Waals surface area (Å²) in [5.74, 6) is -3.41. The van der Waals surface area contributed by atoms with Gasteiger partial charge in [0.2, 0.25) is 11.7 Å². The highest BCUT2D eigenvalue weighted by Crippen LogP contribution is 2.49. The lowest BCUT2D eigenvalue weighted by Crippen LogP contribution is -2.85. The van der Waals surface area contributed by atoms with Crippen LogP contribution in [0.1, 0.15) is 45.8 Å². The Hall–Kier alpha value is -5.08. The molecule has 14 heteroatoms. The highest BCUT2D eigenvalue weighted by molar-refractivity contribution is 6.10. The van der Waals surface area contributed by atoms with Gasteiger partial charge in [-0.05, 0) is 61.7 Å². The van der Waals surface area contributed by atoms with Crippen molar-refractivity contribution in [3.8, 4) is 16.9 Å². The molecular formula is C36H33F5N5O4+. The second-order valence-corrected chi connectivity index (χ2v) is 12.9. The third kappa shape index (κ3) is 5.81. The first-order chi connectivity index (χ1) is 23.8. The molecule has 1 aliphatic heterocycles. The van der Waals surface area contributed by atoms with Crippen LogP contribution in [0.15, 0.2) is 54.7 Å². The van der Waals surface area contributed by atoms with Crippen LogP contribution in [0, 0.1) is 24.0 Å². The van der Waals surface area contributed by atoms with Crippen molar-refractivity contribution in [3.05, 3.63) is 94.6 Å². The minimum atomic E-state index is -4.77. The molecule has 50 heavy (non-hydrogen) atoms. The number of hydrogen-bond acceptors (Lipinski definition) is 5. The van der Waals surface area contributed by atoms with Gasteiger partial charge in [-0.25, -0.2) is 13.8 Å². The van der Waals surface area contributed by atoms with Gasteiger partial charge in [-0.15, -0.1) is 0 Å². The van der Waals surface area contributed by atoms with E-state index in [0.717, 1.165) is 37.1 Å². The molecular weight excluding hydrogens is 661 g/mol. The van der Waals surface area contributed by atoms with Gasteiger partial charge in [-0.3, -0.25) is 9.59 Å². The summed E-state index contributed by atoms with van der Waals surface area (Å²) >= 11 is 0. The molecule has 9 nitrogen and oxygen atoms in total. The van der Waals surface area contributed by atoms with Crippen LogP contribution in [0.4, 0.5) is 27.6 Å². The van der Waals surface area contributed by atoms with E-state index in [1.54, 1.807) is 18.5 Å². The second kappa shape index (κ2) is 12.4. The van der Waals surface area contributed by atoms with Crippen molar-refractivity contribution in [1.82, 2.24) is 14.0 Å². The lowest BCUT2D eigenvalue weighted by atomic mass is 9.94. The molecule has 0 unspecified atom stereocenters. The Labute approximate surface area is 282 Å². The zero-order valence-electron chi connectivity index (χ0n) is 27.1. The number of fused-ring (bicyclic) bond motifs is 4. The summed E-state index contributed by atoms with van der Waals surface area (Å²) in [5, 5.41) is 13.5. The number of benzene rings is 2. The van der Waals surface area contributed by atoms with Gasteiger partial charge in [0.25, 0.3) is 0 Å². The first-order valence-electron chi connectivity index (χ1n) is 16.1. The summed E-state index contributed by atoms with van der Waals surface area (Å²) < 4.78 is 83.4. The number of quaternary nitrogens is 1. The average molecular weight is 695 g/mol. The largest absolute Gasteiger partial charge is 0.490 e. The van der Waals surface area contributed by atoms with Gasteiger partial charge in [0.1, 0.15) is 28.7 Å². The predicted octanol–water partition coefficient (Wildman–Crippen LogP) is 5.09. The van der Waals surface area contributed by atoms with Crippen molar-refractivity contribution in [1.29, 1.82) is 0 Å². The molecule has 7 rings (SSSR count). The van der Waals surface area contributed by atoms with Crippen LogP contribution < -0.4 is 15.4 Å². The summed E-state index contributed by atoms with van der Waals surface area (Å²) in [7, 11) is 1.62. The maximum absolute atomic E-state index is 15.2. The van der Waals surface area contributed by atoms with E-state index in [9.17, 15) is 27.9 Å². The first-order valence-corrected chi connectivity index (χ1v) is 16.1. The number of nitrogens with zero attached hydrogens (tertiary/aromatic N) is 3. The van der Waals surface area contributed by atoms with E-state index in [1.807, 2.05) is 5.32 Å². The number of halogens is 5. The van der Waals surface area contributed by atoms with Crippen LogP contribution in [-0.4, -0.2) is 57.1 Å². The summed E-state index contributed by atoms with van der Waals surface area (Å²) in [5.41, 5.74) is -0.772. The molecule has 5 aromatic rings. The highest BCUT2D eigenvalue weighted by atomic mass is 19.4. The van der Waals surface area contributed by atoms with Crippen molar-refractivity contribution in [3.63, 3.8) is 0 Å². The number of carbonyl (C=O) groups is 2. The quantitative estimate of drug-likeness (QED) is 0.0861. The Balaban J connectivity index is 1.21. The minimum Gasteiger partial charge on any atom is -0.490 e. The van der Waals surface area contributed by atoms with Crippen LogP contribution in [-0.2, 0) is 24.4 Å². The number of aliphatic hydroxyl groups excluding tert-OH is 1. The number of anilines is 1. The highest BCUT2D eigenvalue weighted by Gasteiger charge is 2.43. The molecule has 1 fully saturated rings. The van der Waals surface area contributed by atoms with Crippen LogP contribution in [0.2, 0.25) is 0 Å². The summed E-state index contributed by atoms with van der Waals surface area (Å²) in [6.45, 7) is 2.91. The molecule has 0 bridgehead atoms. The molecule has 0 radical (unpaired) electrons. The number of rotatable bonds is 9. The molecule has 4 N–H and O–H groups in total. The van der Waals surface area contributed by atoms with E-state index in [-0.39, 0.29) is 64.2 Å². The van der Waals surface area contributed by atoms with Crippen molar-refractivity contribution in [2.24, 2.45) is 12.5 Å². The Bertz CT molecular complexity index is 2210. The molecule has 0 saturated heterocycles. The molecule has 2 aromatic carbocycles. The summed E-state index contributed by atoms with van der Waals surface area (Å²) in [4.78, 5) is 30.7. The van der Waals surface area contributed by atoms with Gasteiger partial charge >= 0.3 is 6.18 Å². The predicted molar refractivity (Wildman–Crippen MR) is 174 cm³/mol. The summed E-state index contributed by atoms with van der Waals surface area (Å²) in [6.07, 6.45) is 1.55. The number of alkyl halides is 3. The number of nitrogens with one attached hydrogen (secondary N) is 1. The van der Waals surface area contributed by atoms with E-state index >= 15 is 8.78 Å². The van der Waals surface area contributed by atoms with E-state index in [1.165, 1.54) is 34.9 Å². The number of aromatic nitrogens is 3. The summed E-state index contributed by atoms with van der Waals surface area (Å²) in [6, 6.07) is 7.15.